The smallest absolute Gasteiger partial charge is 0.459 e. The first kappa shape index (κ1) is 25.0. The summed E-state index contributed by atoms with van der Waals surface area (Å²) < 4.78 is 10.2. The minimum absolute atomic E-state index is 0.00377. The summed E-state index contributed by atoms with van der Waals surface area (Å²) >= 11 is 2.50. The fourth-order valence-corrected chi connectivity index (χ4v) is 6.26. The van der Waals surface area contributed by atoms with Crippen LogP contribution in [0.2, 0.25) is 0 Å². The number of thiophene rings is 2. The minimum atomic E-state index is -1.43. The molecule has 0 bridgehead atoms. The molecule has 0 spiro atoms. The third kappa shape index (κ3) is 5.76. The number of anilines is 2. The number of carbonyl (C=O) groups excluding carboxylic acids is 2. The van der Waals surface area contributed by atoms with E-state index in [0.717, 1.165) is 46.8 Å². The Morgan fingerprint density at radius 3 is 2.49 bits per heavy atom. The van der Waals surface area contributed by atoms with Crippen molar-refractivity contribution in [2.24, 2.45) is 11.8 Å². The van der Waals surface area contributed by atoms with Crippen LogP contribution < -0.4 is 15.0 Å². The number of hydrogen-bond acceptors (Lipinski definition) is 7. The molecule has 1 fully saturated rings. The second-order valence-electron chi connectivity index (χ2n) is 9.01. The van der Waals surface area contributed by atoms with Crippen LogP contribution in [0.1, 0.15) is 57.0 Å². The Labute approximate surface area is 211 Å². The lowest BCUT2D eigenvalue weighted by atomic mass is 9.82. The summed E-state index contributed by atoms with van der Waals surface area (Å²) in [6, 6.07) is 8.46. The minimum Gasteiger partial charge on any atom is -0.459 e. The molecule has 4 rings (SSSR count). The lowest BCUT2D eigenvalue weighted by Crippen LogP contribution is -2.42. The van der Waals surface area contributed by atoms with Crippen molar-refractivity contribution in [3.63, 3.8) is 0 Å². The van der Waals surface area contributed by atoms with Gasteiger partial charge in [-0.05, 0) is 75.8 Å². The SMILES string of the molecule is CC1CCC(C(=O)N(c2cc(-c3ccc(NC(=O)c4ccco4)s3)sc2OC(=O)O)C(C)C)CC1. The zero-order valence-electron chi connectivity index (χ0n) is 19.8. The van der Waals surface area contributed by atoms with Crippen LogP contribution in [0.5, 0.6) is 5.06 Å². The number of hydrogen-bond donors (Lipinski definition) is 2. The molecule has 1 saturated carbocycles. The van der Waals surface area contributed by atoms with E-state index in [1.165, 1.54) is 17.6 Å². The Morgan fingerprint density at radius 2 is 1.86 bits per heavy atom. The van der Waals surface area contributed by atoms with Crippen molar-refractivity contribution in [2.45, 2.75) is 52.5 Å². The van der Waals surface area contributed by atoms with Gasteiger partial charge in [0.1, 0.15) is 0 Å². The molecule has 0 aliphatic heterocycles. The van der Waals surface area contributed by atoms with Gasteiger partial charge in [0.2, 0.25) is 11.0 Å². The Hall–Kier alpha value is -3.11. The van der Waals surface area contributed by atoms with Crippen molar-refractivity contribution in [1.29, 1.82) is 0 Å². The lowest BCUT2D eigenvalue weighted by Gasteiger charge is -2.33. The van der Waals surface area contributed by atoms with E-state index in [2.05, 4.69) is 12.2 Å². The average molecular weight is 517 g/mol. The molecule has 0 aromatic carbocycles. The zero-order chi connectivity index (χ0) is 25.1. The van der Waals surface area contributed by atoms with Crippen molar-refractivity contribution < 1.29 is 28.6 Å². The van der Waals surface area contributed by atoms with Gasteiger partial charge in [0.15, 0.2) is 5.76 Å². The summed E-state index contributed by atoms with van der Waals surface area (Å²) in [6.45, 7) is 6.04. The van der Waals surface area contributed by atoms with E-state index >= 15 is 0 Å². The van der Waals surface area contributed by atoms with Gasteiger partial charge in [-0.2, -0.15) is 0 Å². The highest BCUT2D eigenvalue weighted by Gasteiger charge is 2.33. The van der Waals surface area contributed by atoms with Crippen molar-refractivity contribution in [2.75, 3.05) is 10.2 Å². The van der Waals surface area contributed by atoms with E-state index in [-0.39, 0.29) is 34.6 Å². The third-order valence-electron chi connectivity index (χ3n) is 6.07. The summed E-state index contributed by atoms with van der Waals surface area (Å²) in [5.41, 5.74) is 0.459. The van der Waals surface area contributed by atoms with Crippen molar-refractivity contribution in [3.8, 4) is 14.8 Å². The van der Waals surface area contributed by atoms with Gasteiger partial charge >= 0.3 is 6.16 Å². The van der Waals surface area contributed by atoms with Crippen molar-refractivity contribution in [1.82, 2.24) is 0 Å². The summed E-state index contributed by atoms with van der Waals surface area (Å²) in [5, 5.41) is 12.9. The fourth-order valence-electron chi connectivity index (χ4n) is 4.28. The van der Waals surface area contributed by atoms with E-state index in [9.17, 15) is 19.5 Å². The van der Waals surface area contributed by atoms with Gasteiger partial charge in [0.05, 0.1) is 21.8 Å². The monoisotopic (exact) mass is 516 g/mol. The van der Waals surface area contributed by atoms with Crippen LogP contribution in [0.15, 0.2) is 41.0 Å². The molecular formula is C25H28N2O6S2. The van der Waals surface area contributed by atoms with Gasteiger partial charge in [-0.25, -0.2) is 4.79 Å². The molecule has 2 N–H and O–H groups in total. The highest BCUT2D eigenvalue weighted by molar-refractivity contribution is 7.25. The normalized spacial score (nSPS) is 17.8. The zero-order valence-corrected chi connectivity index (χ0v) is 21.4. The van der Waals surface area contributed by atoms with Crippen LogP contribution in [0.4, 0.5) is 15.5 Å². The maximum atomic E-state index is 13.5. The highest BCUT2D eigenvalue weighted by Crippen LogP contribution is 2.47. The topological polar surface area (TPSA) is 109 Å². The van der Waals surface area contributed by atoms with E-state index in [1.807, 2.05) is 19.9 Å². The van der Waals surface area contributed by atoms with Crippen LogP contribution in [-0.4, -0.2) is 29.1 Å². The molecule has 0 atom stereocenters. The van der Waals surface area contributed by atoms with E-state index in [1.54, 1.807) is 29.2 Å². The van der Waals surface area contributed by atoms with Gasteiger partial charge in [-0.3, -0.25) is 9.59 Å². The first-order valence-corrected chi connectivity index (χ1v) is 13.2. The second-order valence-corrected chi connectivity index (χ2v) is 11.1. The molecule has 2 amide bonds. The van der Waals surface area contributed by atoms with Crippen LogP contribution >= 0.6 is 22.7 Å². The van der Waals surface area contributed by atoms with E-state index in [4.69, 9.17) is 9.15 Å². The summed E-state index contributed by atoms with van der Waals surface area (Å²) in [4.78, 5) is 40.5. The van der Waals surface area contributed by atoms with E-state index in [0.29, 0.717) is 16.6 Å². The highest BCUT2D eigenvalue weighted by atomic mass is 32.1. The number of amides is 2. The number of furan rings is 1. The van der Waals surface area contributed by atoms with Gasteiger partial charge in [-0.1, -0.05) is 18.3 Å². The number of carbonyl (C=O) groups is 3. The molecule has 0 saturated heterocycles. The number of nitrogens with zero attached hydrogens (tertiary/aromatic N) is 1. The Kier molecular flexibility index (Phi) is 7.61. The predicted octanol–water partition coefficient (Wildman–Crippen LogP) is 6.95. The number of rotatable bonds is 7. The number of ether oxygens (including phenoxy) is 1. The van der Waals surface area contributed by atoms with Gasteiger partial charge in [0.25, 0.3) is 5.91 Å². The number of nitrogens with one attached hydrogen (secondary N) is 1. The van der Waals surface area contributed by atoms with Crippen molar-refractivity contribution >= 4 is 51.3 Å². The maximum absolute atomic E-state index is 13.5. The molecule has 3 aromatic rings. The molecule has 0 radical (unpaired) electrons. The van der Waals surface area contributed by atoms with Gasteiger partial charge < -0.3 is 24.5 Å². The largest absolute Gasteiger partial charge is 0.512 e. The first-order chi connectivity index (χ1) is 16.7. The summed E-state index contributed by atoms with van der Waals surface area (Å²) in [5.74, 6) is 0.387. The Morgan fingerprint density at radius 1 is 1.11 bits per heavy atom. The van der Waals surface area contributed by atoms with E-state index < -0.39 is 6.16 Å². The van der Waals surface area contributed by atoms with Gasteiger partial charge in [-0.15, -0.1) is 11.3 Å². The molecule has 186 valence electrons. The number of carboxylic acid groups (broad SMARTS) is 1. The van der Waals surface area contributed by atoms with Gasteiger partial charge in [0, 0.05) is 16.8 Å². The Bertz CT molecular complexity index is 1190. The second kappa shape index (κ2) is 10.7. The first-order valence-electron chi connectivity index (χ1n) is 11.6. The molecular weight excluding hydrogens is 488 g/mol. The molecule has 10 heteroatoms. The van der Waals surface area contributed by atoms with Crippen LogP contribution in [0, 0.1) is 11.8 Å². The fraction of sp³-hybridized carbons (Fsp3) is 0.400. The van der Waals surface area contributed by atoms with Crippen LogP contribution in [0.25, 0.3) is 9.75 Å². The predicted molar refractivity (Wildman–Crippen MR) is 137 cm³/mol. The van der Waals surface area contributed by atoms with Crippen molar-refractivity contribution in [3.05, 3.63) is 42.4 Å². The lowest BCUT2D eigenvalue weighted by molar-refractivity contribution is -0.123. The van der Waals surface area contributed by atoms with Crippen LogP contribution in [-0.2, 0) is 4.79 Å². The molecule has 35 heavy (non-hydrogen) atoms. The third-order valence-corrected chi connectivity index (χ3v) is 8.27. The quantitative estimate of drug-likeness (QED) is 0.329. The summed E-state index contributed by atoms with van der Waals surface area (Å²) in [7, 11) is 0. The standard InChI is InChI=1S/C25H28N2O6S2/c1-14(2)27(23(29)16-8-6-15(3)7-9-16)17-13-20(35-24(17)33-25(30)31)19-10-11-21(34-19)26-22(28)18-5-4-12-32-18/h4-5,10-16H,6-9H2,1-3H3,(H,26,28)(H,30,31). The maximum Gasteiger partial charge on any atom is 0.512 e. The molecule has 3 heterocycles. The molecule has 1 aliphatic carbocycles. The molecule has 8 nitrogen and oxygen atoms in total. The Balaban J connectivity index is 1.62. The summed E-state index contributed by atoms with van der Waals surface area (Å²) in [6.07, 6.45) is 3.69. The molecule has 1 aliphatic rings. The molecule has 0 unspecified atom stereocenters. The average Bonchev–Trinajstić information content (AvgIpc) is 3.55. The van der Waals surface area contributed by atoms with Crippen LogP contribution in [0.3, 0.4) is 0 Å². The molecule has 3 aromatic heterocycles.